The summed E-state index contributed by atoms with van der Waals surface area (Å²) in [6.07, 6.45) is 1.99. The summed E-state index contributed by atoms with van der Waals surface area (Å²) in [4.78, 5) is 2.39. The van der Waals surface area contributed by atoms with E-state index in [1.165, 1.54) is 16.7 Å². The molecule has 0 saturated heterocycles. The zero-order valence-electron chi connectivity index (χ0n) is 15.7. The van der Waals surface area contributed by atoms with Crippen LogP contribution in [0, 0.1) is 5.92 Å². The maximum Gasteiger partial charge on any atom is 0.116 e. The Balaban J connectivity index is 2.36. The van der Waals surface area contributed by atoms with Gasteiger partial charge < -0.3 is 4.90 Å². The predicted octanol–water partition coefficient (Wildman–Crippen LogP) is 6.08. The van der Waals surface area contributed by atoms with Crippen LogP contribution < -0.4 is 0 Å². The fourth-order valence-corrected chi connectivity index (χ4v) is 3.78. The summed E-state index contributed by atoms with van der Waals surface area (Å²) in [6, 6.07) is 32.2. The molecule has 3 rings (SSSR count). The van der Waals surface area contributed by atoms with Crippen LogP contribution >= 0.6 is 0 Å². The van der Waals surface area contributed by atoms with Crippen molar-refractivity contribution in [2.24, 2.45) is 5.92 Å². The molecular weight excluding hydrogens is 314 g/mol. The van der Waals surface area contributed by atoms with Crippen LogP contribution in [0.25, 0.3) is 0 Å². The highest BCUT2D eigenvalue weighted by atomic mass is 15.2. The summed E-state index contributed by atoms with van der Waals surface area (Å²) in [5.74, 6) is 0.517. The molecule has 0 aliphatic carbocycles. The molecule has 0 saturated carbocycles. The molecule has 0 spiro atoms. The van der Waals surface area contributed by atoms with Gasteiger partial charge in [-0.2, -0.15) is 0 Å². The van der Waals surface area contributed by atoms with Gasteiger partial charge in [0.2, 0.25) is 0 Å². The van der Waals surface area contributed by atoms with Gasteiger partial charge in [0, 0.05) is 6.54 Å². The molecule has 0 fully saturated rings. The summed E-state index contributed by atoms with van der Waals surface area (Å²) >= 11 is 0. The Morgan fingerprint density at radius 2 is 1.08 bits per heavy atom. The minimum absolute atomic E-state index is 0.407. The average molecular weight is 341 g/mol. The van der Waals surface area contributed by atoms with E-state index in [2.05, 4.69) is 116 Å². The fourth-order valence-electron chi connectivity index (χ4n) is 3.78. The van der Waals surface area contributed by atoms with Crippen LogP contribution in [0.5, 0.6) is 0 Å². The van der Waals surface area contributed by atoms with Gasteiger partial charge in [-0.25, -0.2) is 0 Å². The van der Waals surface area contributed by atoms with Crippen LogP contribution in [-0.2, 0) is 5.54 Å². The van der Waals surface area contributed by atoms with Crippen LogP contribution in [0.3, 0.4) is 0 Å². The fraction of sp³-hybridized carbons (Fsp3) is 0.200. The van der Waals surface area contributed by atoms with Crippen LogP contribution in [0.4, 0.5) is 0 Å². The van der Waals surface area contributed by atoms with Gasteiger partial charge in [-0.3, -0.25) is 0 Å². The summed E-state index contributed by atoms with van der Waals surface area (Å²) in [5, 5.41) is 0. The second-order valence-corrected chi connectivity index (χ2v) is 7.04. The minimum atomic E-state index is -0.407. The standard InChI is InChI=1S/C25H27N/c1-4-26(20-21(2)3)25(22-14-8-5-9-15-22,23-16-10-6-11-17-23)24-18-12-7-13-19-24/h4-19,21H,1,20H2,2-3H3. The molecule has 1 heteroatoms. The second-order valence-electron chi connectivity index (χ2n) is 7.04. The van der Waals surface area contributed by atoms with Crippen molar-refractivity contribution in [3.8, 4) is 0 Å². The first-order chi connectivity index (χ1) is 12.7. The zero-order valence-corrected chi connectivity index (χ0v) is 15.7. The molecular formula is C25H27N. The smallest absolute Gasteiger partial charge is 0.116 e. The van der Waals surface area contributed by atoms with Crippen LogP contribution in [0.1, 0.15) is 30.5 Å². The van der Waals surface area contributed by atoms with E-state index >= 15 is 0 Å². The van der Waals surface area contributed by atoms with E-state index in [-0.39, 0.29) is 0 Å². The lowest BCUT2D eigenvalue weighted by Gasteiger charge is -2.46. The number of rotatable bonds is 7. The monoisotopic (exact) mass is 341 g/mol. The number of hydrogen-bond acceptors (Lipinski definition) is 1. The molecule has 3 aromatic rings. The van der Waals surface area contributed by atoms with E-state index in [9.17, 15) is 0 Å². The second kappa shape index (κ2) is 8.05. The van der Waals surface area contributed by atoms with Crippen molar-refractivity contribution in [3.05, 3.63) is 120 Å². The van der Waals surface area contributed by atoms with Gasteiger partial charge in [0.25, 0.3) is 0 Å². The Morgan fingerprint density at radius 3 is 1.35 bits per heavy atom. The summed E-state index contributed by atoms with van der Waals surface area (Å²) in [6.45, 7) is 9.61. The Bertz CT molecular complexity index is 710. The van der Waals surface area contributed by atoms with Gasteiger partial charge in [-0.05, 0) is 28.8 Å². The van der Waals surface area contributed by atoms with Gasteiger partial charge in [0.05, 0.1) is 0 Å². The molecule has 0 atom stereocenters. The number of nitrogens with zero attached hydrogens (tertiary/aromatic N) is 1. The first-order valence-electron chi connectivity index (χ1n) is 9.25. The van der Waals surface area contributed by atoms with Crippen molar-refractivity contribution in [1.29, 1.82) is 0 Å². The highest BCUT2D eigenvalue weighted by Crippen LogP contribution is 2.42. The first-order valence-corrected chi connectivity index (χ1v) is 9.25. The lowest BCUT2D eigenvalue weighted by molar-refractivity contribution is 0.208. The van der Waals surface area contributed by atoms with Crippen LogP contribution in [-0.4, -0.2) is 11.4 Å². The molecule has 0 heterocycles. The van der Waals surface area contributed by atoms with Crippen LogP contribution in [0.2, 0.25) is 0 Å². The highest BCUT2D eigenvalue weighted by Gasteiger charge is 2.40. The van der Waals surface area contributed by atoms with Crippen molar-refractivity contribution >= 4 is 0 Å². The molecule has 1 nitrogen and oxygen atoms in total. The van der Waals surface area contributed by atoms with Gasteiger partial charge in [0.1, 0.15) is 5.54 Å². The Labute approximate surface area is 157 Å². The Hall–Kier alpha value is -2.80. The molecule has 0 bridgehead atoms. The lowest BCUT2D eigenvalue weighted by atomic mass is 9.75. The number of benzene rings is 3. The van der Waals surface area contributed by atoms with Crippen LogP contribution in [0.15, 0.2) is 104 Å². The van der Waals surface area contributed by atoms with E-state index in [1.54, 1.807) is 0 Å². The van der Waals surface area contributed by atoms with E-state index in [4.69, 9.17) is 0 Å². The van der Waals surface area contributed by atoms with Gasteiger partial charge >= 0.3 is 0 Å². The zero-order chi connectivity index (χ0) is 18.4. The third kappa shape index (κ3) is 3.30. The molecule has 0 N–H and O–H groups in total. The summed E-state index contributed by atoms with van der Waals surface area (Å²) < 4.78 is 0. The molecule has 0 aromatic heterocycles. The quantitative estimate of drug-likeness (QED) is 0.471. The van der Waals surface area contributed by atoms with E-state index in [0.29, 0.717) is 5.92 Å². The molecule has 0 aliphatic heterocycles. The van der Waals surface area contributed by atoms with Gasteiger partial charge in [-0.1, -0.05) is 111 Å². The molecule has 3 aromatic carbocycles. The number of hydrogen-bond donors (Lipinski definition) is 0. The lowest BCUT2D eigenvalue weighted by Crippen LogP contribution is -2.46. The summed E-state index contributed by atoms with van der Waals surface area (Å²) in [7, 11) is 0. The SMILES string of the molecule is C=CN(CC(C)C)C(c1ccccc1)(c1ccccc1)c1ccccc1. The molecule has 0 radical (unpaired) electrons. The van der Waals surface area contributed by atoms with E-state index < -0.39 is 5.54 Å². The molecule has 26 heavy (non-hydrogen) atoms. The van der Waals surface area contributed by atoms with Gasteiger partial charge in [-0.15, -0.1) is 0 Å². The minimum Gasteiger partial charge on any atom is -0.360 e. The Morgan fingerprint density at radius 1 is 0.731 bits per heavy atom. The molecule has 0 aliphatic rings. The Kier molecular flexibility index (Phi) is 5.58. The maximum absolute atomic E-state index is 4.18. The normalized spacial score (nSPS) is 11.3. The van der Waals surface area contributed by atoms with Crippen molar-refractivity contribution in [3.63, 3.8) is 0 Å². The topological polar surface area (TPSA) is 3.24 Å². The van der Waals surface area contributed by atoms with Crippen molar-refractivity contribution < 1.29 is 0 Å². The molecule has 0 unspecified atom stereocenters. The molecule has 0 amide bonds. The predicted molar refractivity (Wildman–Crippen MR) is 111 cm³/mol. The van der Waals surface area contributed by atoms with Gasteiger partial charge in [0.15, 0.2) is 0 Å². The highest BCUT2D eigenvalue weighted by molar-refractivity contribution is 5.50. The third-order valence-electron chi connectivity index (χ3n) is 4.79. The van der Waals surface area contributed by atoms with Crippen molar-refractivity contribution in [2.75, 3.05) is 6.54 Å². The van der Waals surface area contributed by atoms with E-state index in [1.807, 2.05) is 6.20 Å². The first kappa shape index (κ1) is 18.0. The third-order valence-corrected chi connectivity index (χ3v) is 4.79. The van der Waals surface area contributed by atoms with Crippen molar-refractivity contribution in [2.45, 2.75) is 19.4 Å². The largest absolute Gasteiger partial charge is 0.360 e. The van der Waals surface area contributed by atoms with Crippen molar-refractivity contribution in [1.82, 2.24) is 4.90 Å². The van der Waals surface area contributed by atoms with E-state index in [0.717, 1.165) is 6.54 Å². The maximum atomic E-state index is 4.18. The average Bonchev–Trinajstić information content (AvgIpc) is 2.70. The molecule has 132 valence electrons. The summed E-state index contributed by atoms with van der Waals surface area (Å²) in [5.41, 5.74) is 3.34.